The van der Waals surface area contributed by atoms with Gasteiger partial charge in [-0.3, -0.25) is 14.5 Å². The Morgan fingerprint density at radius 2 is 2.04 bits per heavy atom. The lowest BCUT2D eigenvalue weighted by Crippen LogP contribution is -2.70. The first-order valence-corrected chi connectivity index (χ1v) is 8.23. The molecule has 1 aromatic rings. The van der Waals surface area contributed by atoms with Crippen molar-refractivity contribution >= 4 is 46.5 Å². The van der Waals surface area contributed by atoms with Gasteiger partial charge in [0, 0.05) is 5.75 Å². The summed E-state index contributed by atoms with van der Waals surface area (Å²) in [6.45, 7) is 0. The molecule has 1 saturated heterocycles. The number of hydrogen-bond acceptors (Lipinski definition) is 5. The Balaban J connectivity index is 0.00000208. The van der Waals surface area contributed by atoms with Crippen molar-refractivity contribution in [3.63, 3.8) is 0 Å². The van der Waals surface area contributed by atoms with Crippen LogP contribution in [-0.2, 0) is 25.5 Å². The Bertz CT molecular complexity index is 680. The van der Waals surface area contributed by atoms with E-state index in [9.17, 15) is 14.4 Å². The highest BCUT2D eigenvalue weighted by Gasteiger charge is 2.52. The largest absolute Gasteiger partial charge is 0.464 e. The normalized spacial score (nSPS) is 21.6. The van der Waals surface area contributed by atoms with Gasteiger partial charge in [-0.05, 0) is 11.6 Å². The van der Waals surface area contributed by atoms with E-state index in [1.165, 1.54) is 23.8 Å². The Morgan fingerprint density at radius 1 is 1.33 bits per heavy atom. The molecule has 2 aliphatic rings. The Hall–Kier alpha value is -1.80. The van der Waals surface area contributed by atoms with E-state index in [1.54, 1.807) is 6.08 Å². The SMILES string of the molecule is Br.COC(=O)C1=CCS[C@@H]2C(NC(=O)Cc3ccccc3)C(=O)N12. The van der Waals surface area contributed by atoms with Crippen LogP contribution in [0.25, 0.3) is 0 Å². The molecule has 3 rings (SSSR count). The number of benzene rings is 1. The molecule has 1 fully saturated rings. The van der Waals surface area contributed by atoms with Crippen LogP contribution in [0.1, 0.15) is 5.56 Å². The molecule has 8 heteroatoms. The van der Waals surface area contributed by atoms with Gasteiger partial charge >= 0.3 is 5.97 Å². The number of ether oxygens (including phenoxy) is 1. The number of nitrogens with one attached hydrogen (secondary N) is 1. The first-order valence-electron chi connectivity index (χ1n) is 7.18. The summed E-state index contributed by atoms with van der Waals surface area (Å²) in [4.78, 5) is 37.5. The van der Waals surface area contributed by atoms with Crippen LogP contribution in [0, 0.1) is 0 Å². The zero-order chi connectivity index (χ0) is 16.4. The van der Waals surface area contributed by atoms with Crippen LogP contribution in [0.3, 0.4) is 0 Å². The molecule has 0 saturated carbocycles. The van der Waals surface area contributed by atoms with Crippen LogP contribution in [-0.4, -0.2) is 47.0 Å². The molecule has 2 heterocycles. The van der Waals surface area contributed by atoms with Crippen molar-refractivity contribution in [3.8, 4) is 0 Å². The summed E-state index contributed by atoms with van der Waals surface area (Å²) in [5, 5.41) is 2.51. The van der Waals surface area contributed by atoms with E-state index >= 15 is 0 Å². The monoisotopic (exact) mass is 412 g/mol. The van der Waals surface area contributed by atoms with Gasteiger partial charge in [-0.15, -0.1) is 28.7 Å². The smallest absolute Gasteiger partial charge is 0.354 e. The summed E-state index contributed by atoms with van der Waals surface area (Å²) >= 11 is 1.51. The number of halogens is 1. The molecule has 24 heavy (non-hydrogen) atoms. The highest BCUT2D eigenvalue weighted by Crippen LogP contribution is 2.37. The maximum absolute atomic E-state index is 12.3. The molecular formula is C16H17BrN2O4S. The second kappa shape index (κ2) is 7.85. The number of β-lactam (4-membered cyclic amide) rings is 1. The minimum Gasteiger partial charge on any atom is -0.464 e. The van der Waals surface area contributed by atoms with Crippen molar-refractivity contribution in [2.75, 3.05) is 12.9 Å². The Morgan fingerprint density at radius 3 is 2.71 bits per heavy atom. The molecule has 0 spiro atoms. The second-order valence-corrected chi connectivity index (χ2v) is 6.37. The fourth-order valence-electron chi connectivity index (χ4n) is 2.64. The molecule has 2 amide bonds. The molecule has 2 atom stereocenters. The number of esters is 1. The molecule has 1 aromatic carbocycles. The van der Waals surface area contributed by atoms with E-state index in [2.05, 4.69) is 10.1 Å². The van der Waals surface area contributed by atoms with Crippen molar-refractivity contribution in [1.82, 2.24) is 10.2 Å². The lowest BCUT2D eigenvalue weighted by molar-refractivity contribution is -0.151. The van der Waals surface area contributed by atoms with Crippen LogP contribution < -0.4 is 5.32 Å². The molecule has 0 aromatic heterocycles. The van der Waals surface area contributed by atoms with Gasteiger partial charge in [0.1, 0.15) is 17.1 Å². The van der Waals surface area contributed by atoms with Crippen LogP contribution >= 0.6 is 28.7 Å². The van der Waals surface area contributed by atoms with E-state index in [0.29, 0.717) is 5.75 Å². The average Bonchev–Trinajstić information content (AvgIpc) is 2.59. The van der Waals surface area contributed by atoms with E-state index < -0.39 is 12.0 Å². The van der Waals surface area contributed by atoms with Gasteiger partial charge in [-0.1, -0.05) is 30.3 Å². The first-order chi connectivity index (χ1) is 11.1. The minimum atomic E-state index is -0.593. The molecule has 6 nitrogen and oxygen atoms in total. The number of methoxy groups -OCH3 is 1. The lowest BCUT2D eigenvalue weighted by Gasteiger charge is -2.48. The molecular weight excluding hydrogens is 396 g/mol. The van der Waals surface area contributed by atoms with Gasteiger partial charge in [0.15, 0.2) is 0 Å². The number of rotatable bonds is 4. The van der Waals surface area contributed by atoms with Crippen molar-refractivity contribution < 1.29 is 19.1 Å². The zero-order valence-corrected chi connectivity index (χ0v) is 15.5. The van der Waals surface area contributed by atoms with Crippen LogP contribution in [0.5, 0.6) is 0 Å². The number of fused-ring (bicyclic) bond motifs is 1. The van der Waals surface area contributed by atoms with Gasteiger partial charge in [0.05, 0.1) is 13.5 Å². The fraction of sp³-hybridized carbons (Fsp3) is 0.312. The number of hydrogen-bond donors (Lipinski definition) is 1. The van der Waals surface area contributed by atoms with Crippen molar-refractivity contribution in [1.29, 1.82) is 0 Å². The van der Waals surface area contributed by atoms with Gasteiger partial charge in [0.25, 0.3) is 5.91 Å². The third-order valence-electron chi connectivity index (χ3n) is 3.76. The van der Waals surface area contributed by atoms with Crippen molar-refractivity contribution in [2.45, 2.75) is 17.8 Å². The van der Waals surface area contributed by atoms with Crippen LogP contribution in [0.2, 0.25) is 0 Å². The van der Waals surface area contributed by atoms with E-state index in [4.69, 9.17) is 0 Å². The molecule has 0 bridgehead atoms. The molecule has 0 radical (unpaired) electrons. The third-order valence-corrected chi connectivity index (χ3v) is 4.95. The van der Waals surface area contributed by atoms with E-state index in [-0.39, 0.29) is 46.3 Å². The maximum atomic E-state index is 12.3. The molecule has 0 aliphatic carbocycles. The van der Waals surface area contributed by atoms with Gasteiger partial charge in [0.2, 0.25) is 5.91 Å². The van der Waals surface area contributed by atoms with E-state index in [0.717, 1.165) is 5.56 Å². The number of nitrogens with zero attached hydrogens (tertiary/aromatic N) is 1. The highest BCUT2D eigenvalue weighted by atomic mass is 79.9. The predicted octanol–water partition coefficient (Wildman–Crippen LogP) is 1.26. The second-order valence-electron chi connectivity index (χ2n) is 5.22. The number of carbonyl (C=O) groups is 3. The van der Waals surface area contributed by atoms with Crippen LogP contribution in [0.4, 0.5) is 0 Å². The lowest BCUT2D eigenvalue weighted by atomic mass is 10.0. The quantitative estimate of drug-likeness (QED) is 0.595. The van der Waals surface area contributed by atoms with Crippen molar-refractivity contribution in [3.05, 3.63) is 47.7 Å². The van der Waals surface area contributed by atoms with E-state index in [1.807, 2.05) is 30.3 Å². The van der Waals surface area contributed by atoms with Gasteiger partial charge in [-0.25, -0.2) is 4.79 Å². The number of thioether (sulfide) groups is 1. The third kappa shape index (κ3) is 3.49. The first kappa shape index (κ1) is 18.5. The van der Waals surface area contributed by atoms with Gasteiger partial charge in [-0.2, -0.15) is 0 Å². The maximum Gasteiger partial charge on any atom is 0.354 e. The summed E-state index contributed by atoms with van der Waals surface area (Å²) in [5.41, 5.74) is 1.15. The molecule has 128 valence electrons. The summed E-state index contributed by atoms with van der Waals surface area (Å²) in [7, 11) is 1.28. The summed E-state index contributed by atoms with van der Waals surface area (Å²) in [6.07, 6.45) is 1.90. The molecule has 1 unspecified atom stereocenters. The molecule has 2 aliphatic heterocycles. The van der Waals surface area contributed by atoms with Gasteiger partial charge < -0.3 is 10.1 Å². The Labute approximate surface area is 154 Å². The number of amides is 2. The topological polar surface area (TPSA) is 75.7 Å². The number of carbonyl (C=O) groups excluding carboxylic acids is 3. The standard InChI is InChI=1S/C16H16N2O4S.BrH/c1-22-16(21)11-7-8-23-15-13(14(20)18(11)15)17-12(19)9-10-5-3-2-4-6-10;/h2-7,13,15H,8-9H2,1H3,(H,17,19);1H/t13?,15-;/m1./s1. The molecule has 1 N–H and O–H groups in total. The minimum absolute atomic E-state index is 0. The summed E-state index contributed by atoms with van der Waals surface area (Å²) in [5.74, 6) is -0.411. The highest BCUT2D eigenvalue weighted by molar-refractivity contribution is 8.93. The summed E-state index contributed by atoms with van der Waals surface area (Å²) < 4.78 is 4.69. The fourth-order valence-corrected chi connectivity index (χ4v) is 3.83. The summed E-state index contributed by atoms with van der Waals surface area (Å²) in [6, 6.07) is 8.74. The van der Waals surface area contributed by atoms with Crippen molar-refractivity contribution in [2.24, 2.45) is 0 Å². The zero-order valence-electron chi connectivity index (χ0n) is 12.9. The van der Waals surface area contributed by atoms with Crippen LogP contribution in [0.15, 0.2) is 42.1 Å². The Kier molecular flexibility index (Phi) is 6.06. The average molecular weight is 413 g/mol. The predicted molar refractivity (Wildman–Crippen MR) is 95.6 cm³/mol.